The minimum absolute atomic E-state index is 0.0333. The van der Waals surface area contributed by atoms with Crippen molar-refractivity contribution in [3.63, 3.8) is 0 Å². The quantitative estimate of drug-likeness (QED) is 0.716. The molecule has 0 spiro atoms. The Morgan fingerprint density at radius 2 is 1.79 bits per heavy atom. The van der Waals surface area contributed by atoms with E-state index < -0.39 is 25.8 Å². The molecule has 0 aromatic heterocycles. The summed E-state index contributed by atoms with van der Waals surface area (Å²) < 4.78 is 35.9. The number of nitrogens with zero attached hydrogens (tertiary/aromatic N) is 1. The number of hydrogen-bond donors (Lipinski definition) is 3. The van der Waals surface area contributed by atoms with Gasteiger partial charge in [-0.05, 0) is 12.1 Å². The standard InChI is InChI=1S/C10H10F2NO5P/c11-9(12)6-8(10(14)15)13(19(16,17)18)7-4-2-1-3-5-7/h1-6,8H,(H,14,15)(H2,16,17,18)/t8-/m0/s1. The van der Waals surface area contributed by atoms with Crippen LogP contribution in [0.4, 0.5) is 14.5 Å². The largest absolute Gasteiger partial charge is 0.479 e. The molecule has 1 aromatic carbocycles. The third-order valence-electron chi connectivity index (χ3n) is 2.10. The monoisotopic (exact) mass is 293 g/mol. The first-order chi connectivity index (χ1) is 8.73. The third-order valence-corrected chi connectivity index (χ3v) is 3.14. The molecule has 19 heavy (non-hydrogen) atoms. The zero-order valence-electron chi connectivity index (χ0n) is 9.35. The highest BCUT2D eigenvalue weighted by atomic mass is 31.2. The minimum Gasteiger partial charge on any atom is -0.479 e. The summed E-state index contributed by atoms with van der Waals surface area (Å²) in [5.74, 6) is -1.81. The predicted molar refractivity (Wildman–Crippen MR) is 62.7 cm³/mol. The maximum absolute atomic E-state index is 12.2. The van der Waals surface area contributed by atoms with Gasteiger partial charge in [-0.1, -0.05) is 18.2 Å². The first-order valence-electron chi connectivity index (χ1n) is 4.89. The Balaban J connectivity index is 3.35. The zero-order valence-corrected chi connectivity index (χ0v) is 10.2. The van der Waals surface area contributed by atoms with Crippen LogP contribution in [0, 0.1) is 0 Å². The van der Waals surface area contributed by atoms with E-state index in [2.05, 4.69) is 0 Å². The van der Waals surface area contributed by atoms with Gasteiger partial charge in [0.15, 0.2) is 6.04 Å². The van der Waals surface area contributed by atoms with Crippen LogP contribution in [0.5, 0.6) is 0 Å². The number of benzene rings is 1. The number of carbonyl (C=O) groups is 1. The third kappa shape index (κ3) is 4.13. The number of aliphatic carboxylic acids is 1. The van der Waals surface area contributed by atoms with Crippen molar-refractivity contribution in [2.75, 3.05) is 4.67 Å². The van der Waals surface area contributed by atoms with Gasteiger partial charge in [-0.3, -0.25) is 4.67 Å². The Hall–Kier alpha value is -1.76. The maximum Gasteiger partial charge on any atom is 0.431 e. The van der Waals surface area contributed by atoms with Crippen molar-refractivity contribution >= 4 is 19.4 Å². The summed E-state index contributed by atoms with van der Waals surface area (Å²) in [6.07, 6.45) is -2.38. The summed E-state index contributed by atoms with van der Waals surface area (Å²) in [6.45, 7) is 0. The lowest BCUT2D eigenvalue weighted by Gasteiger charge is -2.28. The molecule has 0 saturated carbocycles. The van der Waals surface area contributed by atoms with Gasteiger partial charge in [-0.25, -0.2) is 9.36 Å². The van der Waals surface area contributed by atoms with Gasteiger partial charge >= 0.3 is 13.7 Å². The van der Waals surface area contributed by atoms with Gasteiger partial charge in [0.1, 0.15) is 0 Å². The number of rotatable bonds is 5. The number of carboxylic acid groups (broad SMARTS) is 1. The number of hydrogen-bond acceptors (Lipinski definition) is 2. The van der Waals surface area contributed by atoms with E-state index in [0.717, 1.165) is 0 Å². The van der Waals surface area contributed by atoms with E-state index in [1.807, 2.05) is 0 Å². The fraction of sp³-hybridized carbons (Fsp3) is 0.100. The van der Waals surface area contributed by atoms with Gasteiger partial charge in [0.05, 0.1) is 0 Å². The molecule has 9 heteroatoms. The molecule has 0 unspecified atom stereocenters. The summed E-state index contributed by atoms with van der Waals surface area (Å²) in [7, 11) is -5.09. The Kier molecular flexibility index (Phi) is 4.77. The zero-order chi connectivity index (χ0) is 14.6. The van der Waals surface area contributed by atoms with Crippen molar-refractivity contribution in [1.82, 2.24) is 0 Å². The average Bonchev–Trinajstić information content (AvgIpc) is 2.27. The van der Waals surface area contributed by atoms with Crippen LogP contribution < -0.4 is 4.67 Å². The molecule has 0 heterocycles. The Morgan fingerprint density at radius 1 is 1.26 bits per heavy atom. The van der Waals surface area contributed by atoms with Gasteiger partial charge in [-0.15, -0.1) is 0 Å². The highest BCUT2D eigenvalue weighted by Gasteiger charge is 2.36. The molecule has 0 amide bonds. The topological polar surface area (TPSA) is 98.1 Å². The lowest BCUT2D eigenvalue weighted by molar-refractivity contribution is -0.137. The van der Waals surface area contributed by atoms with E-state index in [1.165, 1.54) is 30.3 Å². The van der Waals surface area contributed by atoms with Gasteiger partial charge in [0, 0.05) is 11.8 Å². The second-order valence-corrected chi connectivity index (χ2v) is 4.89. The number of halogens is 2. The van der Waals surface area contributed by atoms with Crippen molar-refractivity contribution in [3.05, 3.63) is 42.5 Å². The molecule has 0 aliphatic carbocycles. The Labute approximate surface area is 106 Å². The highest BCUT2D eigenvalue weighted by molar-refractivity contribution is 7.53. The molecule has 104 valence electrons. The molecule has 0 saturated heterocycles. The highest BCUT2D eigenvalue weighted by Crippen LogP contribution is 2.45. The molecular weight excluding hydrogens is 283 g/mol. The second-order valence-electron chi connectivity index (χ2n) is 3.43. The van der Waals surface area contributed by atoms with Crippen LogP contribution in [0.25, 0.3) is 0 Å². The van der Waals surface area contributed by atoms with Crippen LogP contribution in [0.3, 0.4) is 0 Å². The fourth-order valence-corrected chi connectivity index (χ4v) is 2.34. The summed E-state index contributed by atoms with van der Waals surface area (Å²) in [4.78, 5) is 29.3. The average molecular weight is 293 g/mol. The van der Waals surface area contributed by atoms with Gasteiger partial charge in [0.2, 0.25) is 0 Å². The molecule has 6 nitrogen and oxygen atoms in total. The number of anilines is 1. The molecule has 0 aliphatic heterocycles. The molecule has 0 bridgehead atoms. The van der Waals surface area contributed by atoms with Crippen molar-refractivity contribution in [2.24, 2.45) is 0 Å². The molecule has 1 atom stereocenters. The maximum atomic E-state index is 12.2. The Morgan fingerprint density at radius 3 is 2.16 bits per heavy atom. The van der Waals surface area contributed by atoms with Gasteiger partial charge in [0.25, 0.3) is 6.08 Å². The smallest absolute Gasteiger partial charge is 0.431 e. The predicted octanol–water partition coefficient (Wildman–Crippen LogP) is 1.82. The van der Waals surface area contributed by atoms with Crippen molar-refractivity contribution in [2.45, 2.75) is 6.04 Å². The van der Waals surface area contributed by atoms with Crippen molar-refractivity contribution < 1.29 is 33.0 Å². The molecule has 1 rings (SSSR count). The number of para-hydroxylation sites is 1. The normalized spacial score (nSPS) is 12.6. The van der Waals surface area contributed by atoms with Crippen LogP contribution >= 0.6 is 7.75 Å². The number of carboxylic acids is 1. The lowest BCUT2D eigenvalue weighted by atomic mass is 10.2. The summed E-state index contributed by atoms with van der Waals surface area (Å²) in [5.41, 5.74) is -0.180. The van der Waals surface area contributed by atoms with E-state index in [4.69, 9.17) is 14.9 Å². The van der Waals surface area contributed by atoms with E-state index in [1.54, 1.807) is 0 Å². The molecule has 0 aliphatic rings. The molecular formula is C10H10F2NO5P. The van der Waals surface area contributed by atoms with Gasteiger partial charge in [-0.2, -0.15) is 8.78 Å². The fourth-order valence-electron chi connectivity index (χ4n) is 1.42. The molecule has 1 aromatic rings. The molecule has 0 fully saturated rings. The first kappa shape index (κ1) is 15.3. The van der Waals surface area contributed by atoms with E-state index in [9.17, 15) is 18.1 Å². The van der Waals surface area contributed by atoms with Crippen molar-refractivity contribution in [3.8, 4) is 0 Å². The first-order valence-corrected chi connectivity index (χ1v) is 6.46. The summed E-state index contributed by atoms with van der Waals surface area (Å²) in [5, 5.41) is 8.85. The SMILES string of the molecule is O=C(O)[C@H](C=C(F)F)N(c1ccccc1)P(=O)(O)O. The van der Waals surface area contributed by atoms with Crippen LogP contribution in [-0.2, 0) is 9.36 Å². The molecule has 0 radical (unpaired) electrons. The second kappa shape index (κ2) is 5.92. The molecule has 3 N–H and O–H groups in total. The van der Waals surface area contributed by atoms with Crippen LogP contribution in [0.15, 0.2) is 42.5 Å². The van der Waals surface area contributed by atoms with E-state index in [-0.39, 0.29) is 16.4 Å². The van der Waals surface area contributed by atoms with E-state index >= 15 is 0 Å². The Bertz CT molecular complexity index is 526. The van der Waals surface area contributed by atoms with Crippen LogP contribution in [0.2, 0.25) is 0 Å². The lowest BCUT2D eigenvalue weighted by Crippen LogP contribution is -2.37. The summed E-state index contributed by atoms with van der Waals surface area (Å²) in [6, 6.07) is 4.56. The van der Waals surface area contributed by atoms with Gasteiger partial charge < -0.3 is 14.9 Å². The van der Waals surface area contributed by atoms with Crippen LogP contribution in [0.1, 0.15) is 0 Å². The van der Waals surface area contributed by atoms with Crippen LogP contribution in [-0.4, -0.2) is 26.9 Å². The van der Waals surface area contributed by atoms with Crippen molar-refractivity contribution in [1.29, 1.82) is 0 Å². The van der Waals surface area contributed by atoms with E-state index in [0.29, 0.717) is 0 Å². The minimum atomic E-state index is -5.09. The summed E-state index contributed by atoms with van der Waals surface area (Å²) >= 11 is 0.